The summed E-state index contributed by atoms with van der Waals surface area (Å²) >= 11 is 0. The van der Waals surface area contributed by atoms with Gasteiger partial charge in [0.25, 0.3) is 0 Å². The predicted molar refractivity (Wildman–Crippen MR) is 119 cm³/mol. The molecule has 0 bridgehead atoms. The second kappa shape index (κ2) is 11.7. The molecule has 1 N–H and O–H groups in total. The molecule has 1 aliphatic carbocycles. The third-order valence-corrected chi connectivity index (χ3v) is 6.14. The van der Waals surface area contributed by atoms with E-state index in [0.29, 0.717) is 6.42 Å². The monoisotopic (exact) mass is 526 g/mol. The van der Waals surface area contributed by atoms with E-state index < -0.39 is 85.3 Å². The van der Waals surface area contributed by atoms with Crippen LogP contribution in [0.5, 0.6) is 0 Å². The van der Waals surface area contributed by atoms with Gasteiger partial charge in [-0.1, -0.05) is 11.6 Å². The first-order valence-corrected chi connectivity index (χ1v) is 11.6. The highest BCUT2D eigenvalue weighted by molar-refractivity contribution is 5.87. The largest absolute Gasteiger partial charge is 0.478 e. The van der Waals surface area contributed by atoms with Crippen molar-refractivity contribution in [2.45, 2.75) is 78.0 Å². The molecule has 0 saturated carbocycles. The van der Waals surface area contributed by atoms with E-state index in [-0.39, 0.29) is 5.57 Å². The van der Waals surface area contributed by atoms with Crippen LogP contribution in [0.1, 0.15) is 41.0 Å². The standard InChI is InChI=1S/C24H30O13/c1-10-6-7-15-16(22(29)30)8-32-23(18(10)15)37-24-21(35-14(5)28)20(34-13(4)27)19(33-12(3)26)17(36-24)9-31-11(2)25/h6,8,15,17-21,23-24H,7,9H2,1-5H3,(H,29,30)/t15-,17-,18-,19-,20+,21-,23+,24+/m1/s1. The average molecular weight is 526 g/mol. The summed E-state index contributed by atoms with van der Waals surface area (Å²) in [7, 11) is 0. The van der Waals surface area contributed by atoms with E-state index in [4.69, 9.17) is 33.2 Å². The minimum absolute atomic E-state index is 0.0829. The molecule has 37 heavy (non-hydrogen) atoms. The molecule has 0 radical (unpaired) electrons. The van der Waals surface area contributed by atoms with Gasteiger partial charge in [0.2, 0.25) is 12.6 Å². The topological polar surface area (TPSA) is 170 Å². The maximum absolute atomic E-state index is 12.0. The van der Waals surface area contributed by atoms with Gasteiger partial charge in [-0.3, -0.25) is 19.2 Å². The van der Waals surface area contributed by atoms with Crippen molar-refractivity contribution in [2.75, 3.05) is 6.61 Å². The van der Waals surface area contributed by atoms with Crippen LogP contribution in [0.3, 0.4) is 0 Å². The van der Waals surface area contributed by atoms with E-state index in [1.165, 1.54) is 6.92 Å². The highest BCUT2D eigenvalue weighted by Gasteiger charge is 2.55. The number of carboxylic acid groups (broad SMARTS) is 1. The number of esters is 4. The fourth-order valence-electron chi connectivity index (χ4n) is 4.71. The summed E-state index contributed by atoms with van der Waals surface area (Å²) < 4.78 is 38.8. The molecule has 1 saturated heterocycles. The Bertz CT molecular complexity index is 999. The van der Waals surface area contributed by atoms with Crippen molar-refractivity contribution < 1.29 is 62.2 Å². The number of hydrogen-bond acceptors (Lipinski definition) is 12. The number of fused-ring (bicyclic) bond motifs is 1. The summed E-state index contributed by atoms with van der Waals surface area (Å²) in [5.74, 6) is -4.99. The summed E-state index contributed by atoms with van der Waals surface area (Å²) in [5.41, 5.74) is 0.909. The van der Waals surface area contributed by atoms with E-state index >= 15 is 0 Å². The number of aliphatic carboxylic acids is 1. The molecule has 1 fully saturated rings. The van der Waals surface area contributed by atoms with Gasteiger partial charge in [0.05, 0.1) is 11.8 Å². The molecule has 13 nitrogen and oxygen atoms in total. The lowest BCUT2D eigenvalue weighted by Gasteiger charge is -2.45. The van der Waals surface area contributed by atoms with Gasteiger partial charge in [0.15, 0.2) is 18.3 Å². The van der Waals surface area contributed by atoms with E-state index in [2.05, 4.69) is 0 Å². The van der Waals surface area contributed by atoms with Crippen molar-refractivity contribution in [3.8, 4) is 0 Å². The van der Waals surface area contributed by atoms with Crippen LogP contribution in [-0.4, -0.2) is 78.6 Å². The number of carboxylic acids is 1. The van der Waals surface area contributed by atoms with Gasteiger partial charge in [-0.05, 0) is 13.3 Å². The normalized spacial score (nSPS) is 32.6. The van der Waals surface area contributed by atoms with Gasteiger partial charge in [-0.25, -0.2) is 4.79 Å². The quantitative estimate of drug-likeness (QED) is 0.270. The number of hydrogen-bond donors (Lipinski definition) is 1. The molecule has 0 amide bonds. The Morgan fingerprint density at radius 3 is 2.05 bits per heavy atom. The molecule has 3 rings (SSSR count). The zero-order chi connectivity index (χ0) is 27.4. The maximum Gasteiger partial charge on any atom is 0.335 e. The molecule has 2 aliphatic heterocycles. The number of rotatable bonds is 8. The summed E-state index contributed by atoms with van der Waals surface area (Å²) in [6.07, 6.45) is -4.39. The van der Waals surface area contributed by atoms with Crippen LogP contribution >= 0.6 is 0 Å². The van der Waals surface area contributed by atoms with Gasteiger partial charge < -0.3 is 38.3 Å². The third-order valence-electron chi connectivity index (χ3n) is 6.14. The molecule has 204 valence electrons. The first kappa shape index (κ1) is 28.1. The van der Waals surface area contributed by atoms with Gasteiger partial charge in [-0.15, -0.1) is 0 Å². The lowest BCUT2D eigenvalue weighted by Crippen LogP contribution is -2.63. The Morgan fingerprint density at radius 2 is 1.49 bits per heavy atom. The molecular weight excluding hydrogens is 496 g/mol. The molecule has 0 spiro atoms. The first-order valence-electron chi connectivity index (χ1n) is 11.6. The Balaban J connectivity index is 1.98. The van der Waals surface area contributed by atoms with Crippen LogP contribution in [0.25, 0.3) is 0 Å². The fourth-order valence-corrected chi connectivity index (χ4v) is 4.71. The average Bonchev–Trinajstić information content (AvgIpc) is 3.17. The molecule has 8 atom stereocenters. The summed E-state index contributed by atoms with van der Waals surface area (Å²) in [4.78, 5) is 59.0. The van der Waals surface area contributed by atoms with Crippen LogP contribution in [-0.2, 0) is 57.1 Å². The summed E-state index contributed by atoms with van der Waals surface area (Å²) in [6, 6.07) is 0. The SMILES string of the molecule is CC(=O)OC[C@H]1O[C@@H](O[C@@H]2OC=C(C(=O)O)[C@H]3CC=C(C)[C@@H]23)[C@H](OC(C)=O)[C@@H](OC(C)=O)[C@@H]1OC(C)=O. The van der Waals surface area contributed by atoms with Gasteiger partial charge in [0.1, 0.15) is 12.7 Å². The van der Waals surface area contributed by atoms with Crippen LogP contribution in [0, 0.1) is 11.8 Å². The minimum atomic E-state index is -1.44. The van der Waals surface area contributed by atoms with Crippen LogP contribution < -0.4 is 0 Å². The van der Waals surface area contributed by atoms with Crippen molar-refractivity contribution >= 4 is 29.8 Å². The Hall–Kier alpha value is -3.45. The molecule has 13 heteroatoms. The minimum Gasteiger partial charge on any atom is -0.478 e. The van der Waals surface area contributed by atoms with Crippen molar-refractivity contribution in [3.63, 3.8) is 0 Å². The lowest BCUT2D eigenvalue weighted by molar-refractivity contribution is -0.342. The third kappa shape index (κ3) is 6.66. The molecular formula is C24H30O13. The molecule has 0 aromatic heterocycles. The summed E-state index contributed by atoms with van der Waals surface area (Å²) in [6.45, 7) is 5.92. The van der Waals surface area contributed by atoms with Crippen molar-refractivity contribution in [1.29, 1.82) is 0 Å². The maximum atomic E-state index is 12.0. The van der Waals surface area contributed by atoms with Crippen LogP contribution in [0.4, 0.5) is 0 Å². The van der Waals surface area contributed by atoms with Gasteiger partial charge in [0, 0.05) is 39.5 Å². The Labute approximate surface area is 212 Å². The van der Waals surface area contributed by atoms with E-state index in [9.17, 15) is 29.1 Å². The molecule has 0 unspecified atom stereocenters. The number of carbonyl (C=O) groups excluding carboxylic acids is 4. The molecule has 3 aliphatic rings. The van der Waals surface area contributed by atoms with Crippen LogP contribution in [0.15, 0.2) is 23.5 Å². The lowest BCUT2D eigenvalue weighted by atomic mass is 9.84. The molecule has 2 heterocycles. The Kier molecular flexibility index (Phi) is 8.92. The number of carbonyl (C=O) groups is 5. The van der Waals surface area contributed by atoms with Crippen LogP contribution in [0.2, 0.25) is 0 Å². The zero-order valence-electron chi connectivity index (χ0n) is 21.0. The predicted octanol–water partition coefficient (Wildman–Crippen LogP) is 0.993. The highest BCUT2D eigenvalue weighted by Crippen LogP contribution is 2.44. The van der Waals surface area contributed by atoms with Gasteiger partial charge in [-0.2, -0.15) is 0 Å². The Morgan fingerprint density at radius 1 is 0.892 bits per heavy atom. The first-order chi connectivity index (χ1) is 17.4. The molecule has 0 aromatic rings. The number of allylic oxidation sites excluding steroid dienone is 1. The fraction of sp³-hybridized carbons (Fsp3) is 0.625. The second-order valence-electron chi connectivity index (χ2n) is 8.90. The van der Waals surface area contributed by atoms with E-state index in [0.717, 1.165) is 32.6 Å². The van der Waals surface area contributed by atoms with Crippen molar-refractivity contribution in [1.82, 2.24) is 0 Å². The molecule has 0 aromatic carbocycles. The van der Waals surface area contributed by atoms with Crippen molar-refractivity contribution in [2.24, 2.45) is 11.8 Å². The van der Waals surface area contributed by atoms with E-state index in [1.807, 2.05) is 13.0 Å². The van der Waals surface area contributed by atoms with Crippen molar-refractivity contribution in [3.05, 3.63) is 23.5 Å². The zero-order valence-corrected chi connectivity index (χ0v) is 21.0. The second-order valence-corrected chi connectivity index (χ2v) is 8.90. The number of ether oxygens (including phenoxy) is 7. The summed E-state index contributed by atoms with van der Waals surface area (Å²) in [5, 5.41) is 9.55. The smallest absolute Gasteiger partial charge is 0.335 e. The van der Waals surface area contributed by atoms with E-state index in [1.54, 1.807) is 0 Å². The highest BCUT2D eigenvalue weighted by atomic mass is 16.8. The van der Waals surface area contributed by atoms with Gasteiger partial charge >= 0.3 is 29.8 Å².